The van der Waals surface area contributed by atoms with E-state index in [0.29, 0.717) is 24.6 Å². The van der Waals surface area contributed by atoms with E-state index in [1.54, 1.807) is 6.20 Å². The lowest BCUT2D eigenvalue weighted by Crippen LogP contribution is -2.26. The second-order valence-electron chi connectivity index (χ2n) is 6.49. The maximum Gasteiger partial charge on any atom is 0.271 e. The number of nitrogens with one attached hydrogen (secondary N) is 3. The summed E-state index contributed by atoms with van der Waals surface area (Å²) in [5.41, 5.74) is 3.75. The van der Waals surface area contributed by atoms with Gasteiger partial charge in [-0.1, -0.05) is 48.5 Å². The summed E-state index contributed by atoms with van der Waals surface area (Å²) < 4.78 is 0. The number of hydrogen-bond acceptors (Lipinski definition) is 4. The minimum absolute atomic E-state index is 0.220. The van der Waals surface area contributed by atoms with Crippen LogP contribution in [-0.4, -0.2) is 27.4 Å². The first kappa shape index (κ1) is 17.7. The number of para-hydroxylation sites is 1. The van der Waals surface area contributed by atoms with E-state index in [9.17, 15) is 4.79 Å². The van der Waals surface area contributed by atoms with Gasteiger partial charge in [-0.25, -0.2) is 9.97 Å². The molecular weight excluding hydrogens is 350 g/mol. The summed E-state index contributed by atoms with van der Waals surface area (Å²) in [6.45, 7) is 1.20. The maximum atomic E-state index is 12.3. The van der Waals surface area contributed by atoms with Crippen molar-refractivity contribution in [2.75, 3.05) is 11.9 Å². The average molecular weight is 371 g/mol. The van der Waals surface area contributed by atoms with Crippen LogP contribution in [-0.2, 0) is 13.0 Å². The van der Waals surface area contributed by atoms with Crippen molar-refractivity contribution >= 4 is 22.6 Å². The van der Waals surface area contributed by atoms with Crippen LogP contribution in [0.25, 0.3) is 10.9 Å². The summed E-state index contributed by atoms with van der Waals surface area (Å²) in [5.74, 6) is 0.418. The lowest BCUT2D eigenvalue weighted by atomic mass is 10.1. The largest absolute Gasteiger partial charge is 0.365 e. The molecule has 140 valence electrons. The Kier molecular flexibility index (Phi) is 5.29. The number of rotatable bonds is 7. The molecule has 1 amide bonds. The van der Waals surface area contributed by atoms with E-state index in [4.69, 9.17) is 0 Å². The lowest BCUT2D eigenvalue weighted by molar-refractivity contribution is 0.0949. The minimum atomic E-state index is -0.220. The van der Waals surface area contributed by atoms with Crippen molar-refractivity contribution in [3.8, 4) is 0 Å². The molecule has 0 fully saturated rings. The van der Waals surface area contributed by atoms with Gasteiger partial charge in [-0.2, -0.15) is 0 Å². The molecule has 6 nitrogen and oxygen atoms in total. The van der Waals surface area contributed by atoms with Gasteiger partial charge in [0.25, 0.3) is 5.91 Å². The molecule has 0 radical (unpaired) electrons. The fraction of sp³-hybridized carbons (Fsp3) is 0.136. The number of nitrogens with zero attached hydrogens (tertiary/aromatic N) is 2. The molecule has 0 aliphatic heterocycles. The number of amides is 1. The van der Waals surface area contributed by atoms with Gasteiger partial charge >= 0.3 is 0 Å². The Morgan fingerprint density at radius 2 is 1.79 bits per heavy atom. The Morgan fingerprint density at radius 3 is 2.61 bits per heavy atom. The third kappa shape index (κ3) is 4.17. The van der Waals surface area contributed by atoms with Crippen LogP contribution in [0.2, 0.25) is 0 Å². The van der Waals surface area contributed by atoms with Gasteiger partial charge in [0.15, 0.2) is 0 Å². The van der Waals surface area contributed by atoms with Gasteiger partial charge in [0.05, 0.1) is 12.4 Å². The van der Waals surface area contributed by atoms with Crippen molar-refractivity contribution in [2.24, 2.45) is 0 Å². The third-order valence-electron chi connectivity index (χ3n) is 4.56. The number of H-pyrrole nitrogens is 1. The molecule has 0 saturated carbocycles. The maximum absolute atomic E-state index is 12.3. The molecule has 0 unspecified atom stereocenters. The molecular formula is C22H21N5O. The normalized spacial score (nSPS) is 10.7. The van der Waals surface area contributed by atoms with Crippen molar-refractivity contribution in [2.45, 2.75) is 13.0 Å². The molecule has 0 bridgehead atoms. The number of anilines is 1. The number of carbonyl (C=O) groups excluding carboxylic acids is 1. The van der Waals surface area contributed by atoms with Gasteiger partial charge in [0.1, 0.15) is 11.5 Å². The minimum Gasteiger partial charge on any atom is -0.365 e. The van der Waals surface area contributed by atoms with Gasteiger partial charge in [-0.15, -0.1) is 0 Å². The Bertz CT molecular complexity index is 1060. The van der Waals surface area contributed by atoms with E-state index >= 15 is 0 Å². The van der Waals surface area contributed by atoms with Crippen LogP contribution in [0, 0.1) is 0 Å². The third-order valence-corrected chi connectivity index (χ3v) is 4.56. The summed E-state index contributed by atoms with van der Waals surface area (Å²) in [7, 11) is 0. The number of hydrogen-bond donors (Lipinski definition) is 3. The van der Waals surface area contributed by atoms with Crippen LogP contribution in [0.4, 0.5) is 5.82 Å². The Morgan fingerprint density at radius 1 is 0.964 bits per heavy atom. The zero-order valence-electron chi connectivity index (χ0n) is 15.4. The number of aromatic amines is 1. The van der Waals surface area contributed by atoms with Crippen molar-refractivity contribution in [1.29, 1.82) is 0 Å². The summed E-state index contributed by atoms with van der Waals surface area (Å²) >= 11 is 0. The molecule has 0 saturated heterocycles. The first-order chi connectivity index (χ1) is 13.8. The summed E-state index contributed by atoms with van der Waals surface area (Å²) in [4.78, 5) is 24.0. The molecule has 2 aromatic heterocycles. The standard InChI is InChI=1S/C22H21N5O/c28-22(23-11-10-17-13-24-19-9-5-4-8-18(17)19)20-14-27-21(15-25-20)26-12-16-6-2-1-3-7-16/h1-9,13-15,24H,10-12H2,(H,23,28)(H,26,27). The van der Waals surface area contributed by atoms with Gasteiger partial charge in [-0.05, 0) is 23.6 Å². The number of aromatic nitrogens is 3. The smallest absolute Gasteiger partial charge is 0.271 e. The van der Waals surface area contributed by atoms with E-state index in [2.05, 4.69) is 31.7 Å². The highest BCUT2D eigenvalue weighted by atomic mass is 16.1. The first-order valence-corrected chi connectivity index (χ1v) is 9.22. The van der Waals surface area contributed by atoms with Crippen molar-refractivity contribution < 1.29 is 4.79 Å². The van der Waals surface area contributed by atoms with Crippen LogP contribution in [0.5, 0.6) is 0 Å². The fourth-order valence-electron chi connectivity index (χ4n) is 3.06. The molecule has 2 aromatic carbocycles. The van der Waals surface area contributed by atoms with Crippen molar-refractivity contribution in [3.05, 3.63) is 90.0 Å². The SMILES string of the molecule is O=C(NCCc1c[nH]c2ccccc12)c1cnc(NCc2ccccc2)cn1. The molecule has 28 heavy (non-hydrogen) atoms. The van der Waals surface area contributed by atoms with E-state index in [0.717, 1.165) is 17.5 Å². The lowest BCUT2D eigenvalue weighted by Gasteiger charge is -2.07. The van der Waals surface area contributed by atoms with Gasteiger partial charge in [0, 0.05) is 30.2 Å². The Hall–Kier alpha value is -3.67. The molecule has 0 spiro atoms. The average Bonchev–Trinajstić information content (AvgIpc) is 3.16. The molecule has 0 atom stereocenters. The molecule has 4 rings (SSSR count). The predicted octanol–water partition coefficient (Wildman–Crippen LogP) is 3.54. The monoisotopic (exact) mass is 371 g/mol. The molecule has 0 aliphatic carbocycles. The summed E-state index contributed by atoms with van der Waals surface area (Å²) in [6, 6.07) is 18.2. The Balaban J connectivity index is 1.28. The summed E-state index contributed by atoms with van der Waals surface area (Å²) in [5, 5.41) is 7.29. The Labute approximate surface area is 163 Å². The molecule has 3 N–H and O–H groups in total. The topological polar surface area (TPSA) is 82.7 Å². The van der Waals surface area contributed by atoms with Gasteiger partial charge in [0.2, 0.25) is 0 Å². The number of benzene rings is 2. The van der Waals surface area contributed by atoms with E-state index in [-0.39, 0.29) is 5.91 Å². The predicted molar refractivity (Wildman–Crippen MR) is 110 cm³/mol. The van der Waals surface area contributed by atoms with Crippen LogP contribution >= 0.6 is 0 Å². The first-order valence-electron chi connectivity index (χ1n) is 9.22. The molecule has 4 aromatic rings. The van der Waals surface area contributed by atoms with Crippen LogP contribution < -0.4 is 10.6 Å². The van der Waals surface area contributed by atoms with E-state index < -0.39 is 0 Å². The second-order valence-corrected chi connectivity index (χ2v) is 6.49. The highest BCUT2D eigenvalue weighted by Crippen LogP contribution is 2.17. The highest BCUT2D eigenvalue weighted by molar-refractivity contribution is 5.92. The van der Waals surface area contributed by atoms with Crippen LogP contribution in [0.1, 0.15) is 21.6 Å². The second kappa shape index (κ2) is 8.35. The van der Waals surface area contributed by atoms with Gasteiger partial charge in [-0.3, -0.25) is 4.79 Å². The van der Waals surface area contributed by atoms with E-state index in [1.807, 2.05) is 54.7 Å². The molecule has 2 heterocycles. The molecule has 6 heteroatoms. The van der Waals surface area contributed by atoms with Gasteiger partial charge < -0.3 is 15.6 Å². The van der Waals surface area contributed by atoms with Crippen LogP contribution in [0.15, 0.2) is 73.2 Å². The number of carbonyl (C=O) groups is 1. The number of fused-ring (bicyclic) bond motifs is 1. The summed E-state index contributed by atoms with van der Waals surface area (Å²) in [6.07, 6.45) is 5.82. The quantitative estimate of drug-likeness (QED) is 0.464. The highest BCUT2D eigenvalue weighted by Gasteiger charge is 2.09. The van der Waals surface area contributed by atoms with Crippen molar-refractivity contribution in [1.82, 2.24) is 20.3 Å². The van der Waals surface area contributed by atoms with E-state index in [1.165, 1.54) is 17.1 Å². The van der Waals surface area contributed by atoms with Crippen LogP contribution in [0.3, 0.4) is 0 Å². The zero-order chi connectivity index (χ0) is 19.2. The van der Waals surface area contributed by atoms with Crippen molar-refractivity contribution in [3.63, 3.8) is 0 Å². The fourth-order valence-corrected chi connectivity index (χ4v) is 3.06. The molecule has 0 aliphatic rings. The zero-order valence-corrected chi connectivity index (χ0v) is 15.4.